The van der Waals surface area contributed by atoms with Gasteiger partial charge in [-0.25, -0.2) is 8.42 Å². The summed E-state index contributed by atoms with van der Waals surface area (Å²) in [4.78, 5) is 11.9. The van der Waals surface area contributed by atoms with Crippen LogP contribution in [0.4, 0.5) is 0 Å². The normalized spacial score (nSPS) is 12.5. The molecule has 0 aliphatic carbocycles. The van der Waals surface area contributed by atoms with Crippen molar-refractivity contribution in [1.29, 1.82) is 0 Å². The molecule has 0 saturated heterocycles. The number of benzene rings is 1. The van der Waals surface area contributed by atoms with Crippen molar-refractivity contribution in [2.45, 2.75) is 51.3 Å². The van der Waals surface area contributed by atoms with Crippen LogP contribution < -0.4 is 5.32 Å². The Hall–Kier alpha value is -1.36. The molecule has 1 rings (SSSR count). The Labute approximate surface area is 134 Å². The van der Waals surface area contributed by atoms with Gasteiger partial charge >= 0.3 is 0 Å². The molecule has 5 heteroatoms. The van der Waals surface area contributed by atoms with Crippen LogP contribution in [-0.2, 0) is 20.0 Å². The summed E-state index contributed by atoms with van der Waals surface area (Å²) in [7, 11) is -3.42. The summed E-state index contributed by atoms with van der Waals surface area (Å²) in [6, 6.07) is 6.93. The minimum atomic E-state index is -3.42. The minimum absolute atomic E-state index is 0.00389. The molecule has 4 nitrogen and oxygen atoms in total. The first-order valence-corrected chi connectivity index (χ1v) is 9.27. The maximum atomic E-state index is 12.3. The van der Waals surface area contributed by atoms with E-state index in [0.717, 1.165) is 5.56 Å². The van der Waals surface area contributed by atoms with Gasteiger partial charge in [-0.3, -0.25) is 4.79 Å². The van der Waals surface area contributed by atoms with Gasteiger partial charge in [0.05, 0.1) is 10.6 Å². The predicted molar refractivity (Wildman–Crippen MR) is 89.7 cm³/mol. The quantitative estimate of drug-likeness (QED) is 0.874. The monoisotopic (exact) mass is 325 g/mol. The van der Waals surface area contributed by atoms with Crippen molar-refractivity contribution in [2.24, 2.45) is 5.92 Å². The highest BCUT2D eigenvalue weighted by Gasteiger charge is 2.18. The van der Waals surface area contributed by atoms with E-state index in [9.17, 15) is 13.2 Å². The SMILES string of the molecule is CC(C)CNC(=O)CCS(=O)(=O)c1ccc(C(C)(C)C)cc1. The van der Waals surface area contributed by atoms with Crippen molar-refractivity contribution in [1.82, 2.24) is 5.32 Å². The fraction of sp³-hybridized carbons (Fsp3) is 0.588. The average molecular weight is 325 g/mol. The Kier molecular flexibility index (Phi) is 6.17. The van der Waals surface area contributed by atoms with E-state index in [1.807, 2.05) is 26.0 Å². The van der Waals surface area contributed by atoms with Crippen molar-refractivity contribution in [3.63, 3.8) is 0 Å². The molecule has 0 atom stereocenters. The van der Waals surface area contributed by atoms with Gasteiger partial charge in [0.2, 0.25) is 5.91 Å². The lowest BCUT2D eigenvalue weighted by atomic mass is 9.87. The number of amides is 1. The number of carbonyl (C=O) groups excluding carboxylic acids is 1. The molecule has 1 aromatic carbocycles. The van der Waals surface area contributed by atoms with Crippen LogP contribution in [0.15, 0.2) is 29.2 Å². The molecule has 0 fully saturated rings. The molecule has 0 aliphatic heterocycles. The number of nitrogens with one attached hydrogen (secondary N) is 1. The Morgan fingerprint density at radius 3 is 2.14 bits per heavy atom. The largest absolute Gasteiger partial charge is 0.356 e. The van der Waals surface area contributed by atoms with Crippen LogP contribution in [-0.4, -0.2) is 26.6 Å². The number of hydrogen-bond acceptors (Lipinski definition) is 3. The Morgan fingerprint density at radius 1 is 1.14 bits per heavy atom. The van der Waals surface area contributed by atoms with Crippen molar-refractivity contribution in [3.8, 4) is 0 Å². The maximum absolute atomic E-state index is 12.3. The second kappa shape index (κ2) is 7.27. The lowest BCUT2D eigenvalue weighted by Gasteiger charge is -2.19. The summed E-state index contributed by atoms with van der Waals surface area (Å²) < 4.78 is 24.5. The highest BCUT2D eigenvalue weighted by atomic mass is 32.2. The topological polar surface area (TPSA) is 63.2 Å². The molecule has 0 aliphatic rings. The Bertz CT molecular complexity index is 596. The molecule has 0 unspecified atom stereocenters. The lowest BCUT2D eigenvalue weighted by molar-refractivity contribution is -0.120. The fourth-order valence-electron chi connectivity index (χ4n) is 1.91. The third-order valence-electron chi connectivity index (χ3n) is 3.38. The van der Waals surface area contributed by atoms with E-state index in [1.54, 1.807) is 12.1 Å². The van der Waals surface area contributed by atoms with E-state index >= 15 is 0 Å². The summed E-state index contributed by atoms with van der Waals surface area (Å²) in [6.07, 6.45) is -0.00389. The summed E-state index contributed by atoms with van der Waals surface area (Å²) in [5.41, 5.74) is 1.07. The zero-order valence-corrected chi connectivity index (χ0v) is 15.0. The predicted octanol–water partition coefficient (Wildman–Crippen LogP) is 2.92. The summed E-state index contributed by atoms with van der Waals surface area (Å²) in [5, 5.41) is 2.73. The van der Waals surface area contributed by atoms with Crippen LogP contribution in [0.3, 0.4) is 0 Å². The standard InChI is InChI=1S/C17H27NO3S/c1-13(2)12-18-16(19)10-11-22(20,21)15-8-6-14(7-9-15)17(3,4)5/h6-9,13H,10-12H2,1-5H3,(H,18,19). The number of carbonyl (C=O) groups is 1. The maximum Gasteiger partial charge on any atom is 0.221 e. The van der Waals surface area contributed by atoms with Gasteiger partial charge in [-0.2, -0.15) is 0 Å². The van der Waals surface area contributed by atoms with Crippen molar-refractivity contribution < 1.29 is 13.2 Å². The van der Waals surface area contributed by atoms with E-state index in [4.69, 9.17) is 0 Å². The second-order valence-corrected chi connectivity index (χ2v) is 9.15. The molecule has 1 N–H and O–H groups in total. The molecule has 0 bridgehead atoms. The molecule has 0 radical (unpaired) electrons. The van der Waals surface area contributed by atoms with E-state index in [-0.39, 0.29) is 28.4 Å². The second-order valence-electron chi connectivity index (χ2n) is 7.04. The zero-order chi connectivity index (χ0) is 17.0. The fourth-order valence-corrected chi connectivity index (χ4v) is 3.15. The number of sulfone groups is 1. The van der Waals surface area contributed by atoms with Gasteiger partial charge in [-0.05, 0) is 29.0 Å². The van der Waals surface area contributed by atoms with Crippen molar-refractivity contribution in [3.05, 3.63) is 29.8 Å². The number of rotatable bonds is 6. The van der Waals surface area contributed by atoms with Crippen LogP contribution in [0, 0.1) is 5.92 Å². The highest BCUT2D eigenvalue weighted by Crippen LogP contribution is 2.23. The van der Waals surface area contributed by atoms with Gasteiger partial charge in [-0.1, -0.05) is 46.8 Å². The molecule has 22 heavy (non-hydrogen) atoms. The van der Waals surface area contributed by atoms with Gasteiger partial charge in [0.25, 0.3) is 0 Å². The van der Waals surface area contributed by atoms with E-state index in [0.29, 0.717) is 12.5 Å². The van der Waals surface area contributed by atoms with Crippen LogP contribution in [0.2, 0.25) is 0 Å². The highest BCUT2D eigenvalue weighted by molar-refractivity contribution is 7.91. The molecule has 1 amide bonds. The van der Waals surface area contributed by atoms with Gasteiger partial charge in [0.1, 0.15) is 0 Å². The van der Waals surface area contributed by atoms with Crippen molar-refractivity contribution >= 4 is 15.7 Å². The molecule has 0 heterocycles. The molecule has 0 saturated carbocycles. The van der Waals surface area contributed by atoms with Gasteiger partial charge in [0.15, 0.2) is 9.84 Å². The molecule has 124 valence electrons. The first-order chi connectivity index (χ1) is 10.0. The van der Waals surface area contributed by atoms with Gasteiger partial charge < -0.3 is 5.32 Å². The third kappa shape index (κ3) is 5.79. The summed E-state index contributed by atoms with van der Waals surface area (Å²) >= 11 is 0. The van der Waals surface area contributed by atoms with Crippen LogP contribution in [0.1, 0.15) is 46.6 Å². The summed E-state index contributed by atoms with van der Waals surface area (Å²) in [5.74, 6) is -0.0275. The third-order valence-corrected chi connectivity index (χ3v) is 5.12. The Morgan fingerprint density at radius 2 is 1.68 bits per heavy atom. The van der Waals surface area contributed by atoms with Crippen LogP contribution in [0.25, 0.3) is 0 Å². The van der Waals surface area contributed by atoms with Crippen molar-refractivity contribution in [2.75, 3.05) is 12.3 Å². The minimum Gasteiger partial charge on any atom is -0.356 e. The molecule has 1 aromatic rings. The van der Waals surface area contributed by atoms with Crippen LogP contribution >= 0.6 is 0 Å². The molecule has 0 spiro atoms. The zero-order valence-electron chi connectivity index (χ0n) is 14.1. The van der Waals surface area contributed by atoms with E-state index in [2.05, 4.69) is 26.1 Å². The molecule has 0 aromatic heterocycles. The van der Waals surface area contributed by atoms with Crippen LogP contribution in [0.5, 0.6) is 0 Å². The van der Waals surface area contributed by atoms with E-state index < -0.39 is 9.84 Å². The average Bonchev–Trinajstić information content (AvgIpc) is 2.42. The molecular formula is C17H27NO3S. The first-order valence-electron chi connectivity index (χ1n) is 7.62. The number of hydrogen-bond donors (Lipinski definition) is 1. The van der Waals surface area contributed by atoms with Gasteiger partial charge in [0, 0.05) is 13.0 Å². The smallest absolute Gasteiger partial charge is 0.221 e. The van der Waals surface area contributed by atoms with Gasteiger partial charge in [-0.15, -0.1) is 0 Å². The molecular weight excluding hydrogens is 298 g/mol. The summed E-state index contributed by atoms with van der Waals surface area (Å²) in [6.45, 7) is 10.8. The first kappa shape index (κ1) is 18.7. The van der Waals surface area contributed by atoms with E-state index in [1.165, 1.54) is 0 Å². The Balaban J connectivity index is 2.69. The lowest BCUT2D eigenvalue weighted by Crippen LogP contribution is -2.28.